The minimum absolute atomic E-state index is 0.0913. The number of hydrogen-bond acceptors (Lipinski definition) is 5. The normalized spacial score (nSPS) is 20.1. The summed E-state index contributed by atoms with van der Waals surface area (Å²) in [5.41, 5.74) is 1.42. The number of carbonyl (C=O) groups is 1. The first-order chi connectivity index (χ1) is 14.0. The molecule has 0 spiro atoms. The molecule has 2 heterocycles. The van der Waals surface area contributed by atoms with Crippen LogP contribution < -0.4 is 5.32 Å². The van der Waals surface area contributed by atoms with Gasteiger partial charge in [0.25, 0.3) is 5.91 Å². The Morgan fingerprint density at radius 1 is 1.17 bits per heavy atom. The van der Waals surface area contributed by atoms with Crippen LogP contribution in [0, 0.1) is 0 Å². The second-order valence-corrected chi connectivity index (χ2v) is 10.8. The molecule has 154 valence electrons. The zero-order valence-corrected chi connectivity index (χ0v) is 18.9. The third-order valence-electron chi connectivity index (χ3n) is 5.05. The molecule has 1 atom stereocenters. The molecule has 1 N–H and O–H groups in total. The largest absolute Gasteiger partial charge is 0.379 e. The first-order valence-corrected chi connectivity index (χ1v) is 12.6. The van der Waals surface area contributed by atoms with Crippen molar-refractivity contribution >= 4 is 43.6 Å². The molecule has 6 nitrogen and oxygen atoms in total. The third-order valence-corrected chi connectivity index (χ3v) is 8.76. The number of fused-ring (bicyclic) bond motifs is 1. The van der Waals surface area contributed by atoms with E-state index >= 15 is 0 Å². The van der Waals surface area contributed by atoms with Gasteiger partial charge in [-0.05, 0) is 52.2 Å². The van der Waals surface area contributed by atoms with Gasteiger partial charge in [-0.25, -0.2) is 8.42 Å². The van der Waals surface area contributed by atoms with Gasteiger partial charge >= 0.3 is 0 Å². The summed E-state index contributed by atoms with van der Waals surface area (Å²) in [5, 5.41) is 3.08. The standard InChI is InChI=1S/C20H21BrN2O4S2/c21-17-6-5-14(29(25,26)23-8-10-27-11-9-23)13-16(17)20(24)22-18-7-12-28-19-4-2-1-3-15(18)19/h1-6,13,18H,7-12H2,(H,22,24)/t18-/m1/s1. The number of morpholine rings is 1. The van der Waals surface area contributed by atoms with Gasteiger partial charge in [0, 0.05) is 28.2 Å². The van der Waals surface area contributed by atoms with Crippen molar-refractivity contribution in [1.29, 1.82) is 0 Å². The molecule has 1 amide bonds. The molecule has 1 fully saturated rings. The van der Waals surface area contributed by atoms with E-state index in [0.717, 1.165) is 17.7 Å². The van der Waals surface area contributed by atoms with Crippen LogP contribution in [0.5, 0.6) is 0 Å². The number of hydrogen-bond donors (Lipinski definition) is 1. The van der Waals surface area contributed by atoms with Crippen molar-refractivity contribution in [3.05, 3.63) is 58.1 Å². The third kappa shape index (κ3) is 4.39. The summed E-state index contributed by atoms with van der Waals surface area (Å²) in [6.07, 6.45) is 0.830. The Morgan fingerprint density at radius 2 is 1.93 bits per heavy atom. The highest BCUT2D eigenvalue weighted by Crippen LogP contribution is 2.36. The van der Waals surface area contributed by atoms with Crippen LogP contribution in [-0.2, 0) is 14.8 Å². The summed E-state index contributed by atoms with van der Waals surface area (Å²) < 4.78 is 33.1. The molecule has 2 aliphatic heterocycles. The fourth-order valence-electron chi connectivity index (χ4n) is 3.50. The number of benzene rings is 2. The maximum Gasteiger partial charge on any atom is 0.252 e. The van der Waals surface area contributed by atoms with Crippen LogP contribution >= 0.6 is 27.7 Å². The molecule has 1 saturated heterocycles. The molecule has 29 heavy (non-hydrogen) atoms. The molecule has 0 unspecified atom stereocenters. The van der Waals surface area contributed by atoms with Crippen molar-refractivity contribution < 1.29 is 17.9 Å². The molecule has 0 saturated carbocycles. The van der Waals surface area contributed by atoms with E-state index in [9.17, 15) is 13.2 Å². The predicted octanol–water partition coefficient (Wildman–Crippen LogP) is 3.44. The van der Waals surface area contributed by atoms with E-state index in [2.05, 4.69) is 27.3 Å². The lowest BCUT2D eigenvalue weighted by molar-refractivity contribution is 0.0730. The van der Waals surface area contributed by atoms with Gasteiger partial charge < -0.3 is 10.1 Å². The monoisotopic (exact) mass is 496 g/mol. The lowest BCUT2D eigenvalue weighted by Crippen LogP contribution is -2.40. The van der Waals surface area contributed by atoms with Crippen LogP contribution in [0.2, 0.25) is 0 Å². The van der Waals surface area contributed by atoms with Crippen LogP contribution in [0.15, 0.2) is 56.7 Å². The summed E-state index contributed by atoms with van der Waals surface area (Å²) in [7, 11) is -3.67. The minimum Gasteiger partial charge on any atom is -0.379 e. The highest BCUT2D eigenvalue weighted by atomic mass is 79.9. The Balaban J connectivity index is 1.59. The molecular formula is C20H21BrN2O4S2. The molecule has 2 aliphatic rings. The van der Waals surface area contributed by atoms with Gasteiger partial charge in [-0.1, -0.05) is 18.2 Å². The number of thioether (sulfide) groups is 1. The van der Waals surface area contributed by atoms with Gasteiger partial charge in [-0.15, -0.1) is 11.8 Å². The molecule has 0 aromatic heterocycles. The molecule has 0 bridgehead atoms. The first-order valence-electron chi connectivity index (χ1n) is 9.37. The molecule has 4 rings (SSSR count). The second-order valence-electron chi connectivity index (χ2n) is 6.86. The number of rotatable bonds is 4. The fraction of sp³-hybridized carbons (Fsp3) is 0.350. The van der Waals surface area contributed by atoms with Crippen molar-refractivity contribution in [3.8, 4) is 0 Å². The molecule has 0 radical (unpaired) electrons. The van der Waals surface area contributed by atoms with E-state index in [4.69, 9.17) is 4.74 Å². The van der Waals surface area contributed by atoms with E-state index < -0.39 is 10.0 Å². The van der Waals surface area contributed by atoms with Crippen molar-refractivity contribution in [2.75, 3.05) is 32.1 Å². The molecule has 2 aromatic carbocycles. The average Bonchev–Trinajstić information content (AvgIpc) is 2.75. The number of amides is 1. The van der Waals surface area contributed by atoms with Crippen LogP contribution in [0.4, 0.5) is 0 Å². The Morgan fingerprint density at radius 3 is 2.72 bits per heavy atom. The van der Waals surface area contributed by atoms with Crippen LogP contribution in [0.25, 0.3) is 0 Å². The zero-order chi connectivity index (χ0) is 20.4. The van der Waals surface area contributed by atoms with E-state index in [0.29, 0.717) is 36.3 Å². The van der Waals surface area contributed by atoms with Gasteiger partial charge in [-0.2, -0.15) is 4.31 Å². The van der Waals surface area contributed by atoms with Gasteiger partial charge in [0.05, 0.1) is 29.7 Å². The summed E-state index contributed by atoms with van der Waals surface area (Å²) in [5.74, 6) is 0.636. The summed E-state index contributed by atoms with van der Waals surface area (Å²) >= 11 is 5.18. The number of halogens is 1. The van der Waals surface area contributed by atoms with Gasteiger partial charge in [0.1, 0.15) is 0 Å². The Labute approximate surface area is 183 Å². The molecule has 9 heteroatoms. The van der Waals surface area contributed by atoms with E-state index in [-0.39, 0.29) is 16.8 Å². The summed E-state index contributed by atoms with van der Waals surface area (Å²) in [6, 6.07) is 12.6. The van der Waals surface area contributed by atoms with Gasteiger partial charge in [0.15, 0.2) is 0 Å². The SMILES string of the molecule is O=C(N[C@@H]1CCSc2ccccc21)c1cc(S(=O)(=O)N2CCOCC2)ccc1Br. The molecule has 2 aromatic rings. The lowest BCUT2D eigenvalue weighted by atomic mass is 10.0. The highest BCUT2D eigenvalue weighted by Gasteiger charge is 2.28. The summed E-state index contributed by atoms with van der Waals surface area (Å²) in [4.78, 5) is 14.3. The van der Waals surface area contributed by atoms with Crippen molar-refractivity contribution in [1.82, 2.24) is 9.62 Å². The quantitative estimate of drug-likeness (QED) is 0.701. The zero-order valence-electron chi connectivity index (χ0n) is 15.6. The molecule has 0 aliphatic carbocycles. The number of nitrogens with zero attached hydrogens (tertiary/aromatic N) is 1. The second kappa shape index (κ2) is 8.77. The van der Waals surface area contributed by atoms with Crippen molar-refractivity contribution in [2.24, 2.45) is 0 Å². The Kier molecular flexibility index (Phi) is 6.31. The maximum absolute atomic E-state index is 13.0. The maximum atomic E-state index is 13.0. The van der Waals surface area contributed by atoms with E-state index in [1.165, 1.54) is 21.3 Å². The van der Waals surface area contributed by atoms with E-state index in [1.807, 2.05) is 18.2 Å². The highest BCUT2D eigenvalue weighted by molar-refractivity contribution is 9.10. The number of ether oxygens (including phenoxy) is 1. The molecular weight excluding hydrogens is 476 g/mol. The van der Waals surface area contributed by atoms with Crippen LogP contribution in [0.3, 0.4) is 0 Å². The Hall–Kier alpha value is -1.39. The fourth-order valence-corrected chi connectivity index (χ4v) is 6.49. The average molecular weight is 497 g/mol. The Bertz CT molecular complexity index is 1020. The number of sulfonamides is 1. The van der Waals surface area contributed by atoms with Crippen LogP contribution in [-0.4, -0.2) is 50.7 Å². The predicted molar refractivity (Wildman–Crippen MR) is 116 cm³/mol. The van der Waals surface area contributed by atoms with E-state index in [1.54, 1.807) is 17.8 Å². The minimum atomic E-state index is -3.67. The van der Waals surface area contributed by atoms with Crippen molar-refractivity contribution in [3.63, 3.8) is 0 Å². The van der Waals surface area contributed by atoms with Crippen molar-refractivity contribution in [2.45, 2.75) is 22.3 Å². The summed E-state index contributed by atoms with van der Waals surface area (Å²) in [6.45, 7) is 1.39. The smallest absolute Gasteiger partial charge is 0.252 e. The van der Waals surface area contributed by atoms with Crippen LogP contribution in [0.1, 0.15) is 28.4 Å². The van der Waals surface area contributed by atoms with Gasteiger partial charge in [-0.3, -0.25) is 4.79 Å². The first kappa shape index (κ1) is 20.9. The topological polar surface area (TPSA) is 75.7 Å². The lowest BCUT2D eigenvalue weighted by Gasteiger charge is -2.27. The number of nitrogens with one attached hydrogen (secondary N) is 1. The number of carbonyl (C=O) groups excluding carboxylic acids is 1. The van der Waals surface area contributed by atoms with Gasteiger partial charge in [0.2, 0.25) is 10.0 Å².